The fraction of sp³-hybridized carbons (Fsp3) is 0.455. The van der Waals surface area contributed by atoms with Gasteiger partial charge in [-0.2, -0.15) is 0 Å². The van der Waals surface area contributed by atoms with Gasteiger partial charge in [0.15, 0.2) is 0 Å². The molecule has 2 heterocycles. The van der Waals surface area contributed by atoms with E-state index in [1.54, 1.807) is 29.2 Å². The first kappa shape index (κ1) is 21.2. The lowest BCUT2D eigenvalue weighted by Gasteiger charge is -2.37. The predicted molar refractivity (Wildman–Crippen MR) is 109 cm³/mol. The zero-order chi connectivity index (χ0) is 21.1. The summed E-state index contributed by atoms with van der Waals surface area (Å²) in [6.07, 6.45) is 1.35. The zero-order valence-electron chi connectivity index (χ0n) is 17.3. The quantitative estimate of drug-likeness (QED) is 0.835. The number of aromatic nitrogens is 1. The molecule has 29 heavy (non-hydrogen) atoms. The highest BCUT2D eigenvalue weighted by molar-refractivity contribution is 5.98. The number of aliphatic hydroxyl groups excluding tert-OH is 1. The normalized spacial score (nSPS) is 20.7. The smallest absolute Gasteiger partial charge is 0.259 e. The van der Waals surface area contributed by atoms with Crippen LogP contribution < -0.4 is 4.74 Å². The SMILES string of the molecule is C[C@@H]1CN([C@H](C)CO)C(=O)c2cc(-c3ccccc3F)cnc2O[C@H]1CN(C)C. The Bertz CT molecular complexity index is 874. The lowest BCUT2D eigenvalue weighted by Crippen LogP contribution is -2.49. The summed E-state index contributed by atoms with van der Waals surface area (Å²) in [7, 11) is 3.92. The van der Waals surface area contributed by atoms with Crippen LogP contribution >= 0.6 is 0 Å². The third-order valence-corrected chi connectivity index (χ3v) is 5.25. The molecular formula is C22H28FN3O3. The summed E-state index contributed by atoms with van der Waals surface area (Å²) in [4.78, 5) is 21.4. The van der Waals surface area contributed by atoms with Gasteiger partial charge in [0.1, 0.15) is 17.5 Å². The maximum Gasteiger partial charge on any atom is 0.259 e. The van der Waals surface area contributed by atoms with Crippen molar-refractivity contribution in [3.8, 4) is 17.0 Å². The summed E-state index contributed by atoms with van der Waals surface area (Å²) < 4.78 is 20.4. The van der Waals surface area contributed by atoms with E-state index < -0.39 is 0 Å². The number of carbonyl (C=O) groups excluding carboxylic acids is 1. The van der Waals surface area contributed by atoms with Crippen LogP contribution in [0.25, 0.3) is 11.1 Å². The van der Waals surface area contributed by atoms with Gasteiger partial charge in [-0.05, 0) is 33.2 Å². The number of halogens is 1. The van der Waals surface area contributed by atoms with Crippen molar-refractivity contribution < 1.29 is 19.0 Å². The number of benzene rings is 1. The summed E-state index contributed by atoms with van der Waals surface area (Å²) in [5.41, 5.74) is 1.16. The van der Waals surface area contributed by atoms with Gasteiger partial charge in [0.2, 0.25) is 5.88 Å². The number of fused-ring (bicyclic) bond motifs is 1. The minimum atomic E-state index is -0.381. The van der Waals surface area contributed by atoms with Crippen molar-refractivity contribution in [1.29, 1.82) is 0 Å². The molecule has 1 aliphatic rings. The second-order valence-electron chi connectivity index (χ2n) is 7.94. The molecule has 7 heteroatoms. The minimum absolute atomic E-state index is 0.0385. The van der Waals surface area contributed by atoms with Crippen LogP contribution in [0, 0.1) is 11.7 Å². The minimum Gasteiger partial charge on any atom is -0.472 e. The van der Waals surface area contributed by atoms with Gasteiger partial charge >= 0.3 is 0 Å². The summed E-state index contributed by atoms with van der Waals surface area (Å²) >= 11 is 0. The molecule has 0 spiro atoms. The average molecular weight is 401 g/mol. The van der Waals surface area contributed by atoms with Crippen LogP contribution in [-0.2, 0) is 0 Å². The molecule has 0 unspecified atom stereocenters. The molecule has 0 saturated carbocycles. The Morgan fingerprint density at radius 1 is 1.34 bits per heavy atom. The molecule has 6 nitrogen and oxygen atoms in total. The number of hydrogen-bond donors (Lipinski definition) is 1. The Hall–Kier alpha value is -2.51. The average Bonchev–Trinajstić information content (AvgIpc) is 2.70. The largest absolute Gasteiger partial charge is 0.472 e. The Morgan fingerprint density at radius 3 is 2.72 bits per heavy atom. The van der Waals surface area contributed by atoms with E-state index >= 15 is 0 Å². The number of hydrogen-bond acceptors (Lipinski definition) is 5. The van der Waals surface area contributed by atoms with Crippen LogP contribution in [0.2, 0.25) is 0 Å². The number of nitrogens with zero attached hydrogens (tertiary/aromatic N) is 3. The third-order valence-electron chi connectivity index (χ3n) is 5.25. The van der Waals surface area contributed by atoms with E-state index in [1.165, 1.54) is 12.3 Å². The van der Waals surface area contributed by atoms with Gasteiger partial charge in [-0.3, -0.25) is 4.79 Å². The molecular weight excluding hydrogens is 373 g/mol. The van der Waals surface area contributed by atoms with E-state index in [0.29, 0.717) is 24.2 Å². The molecule has 156 valence electrons. The van der Waals surface area contributed by atoms with Gasteiger partial charge in [-0.1, -0.05) is 25.1 Å². The first-order valence-corrected chi connectivity index (χ1v) is 9.80. The number of carbonyl (C=O) groups is 1. The van der Waals surface area contributed by atoms with Crippen LogP contribution in [0.3, 0.4) is 0 Å². The van der Waals surface area contributed by atoms with Gasteiger partial charge < -0.3 is 19.6 Å². The Morgan fingerprint density at radius 2 is 2.07 bits per heavy atom. The lowest BCUT2D eigenvalue weighted by atomic mass is 9.99. The molecule has 1 amide bonds. The number of aliphatic hydroxyl groups is 1. The van der Waals surface area contributed by atoms with E-state index in [4.69, 9.17) is 4.74 Å². The molecule has 3 atom stereocenters. The molecule has 0 fully saturated rings. The first-order chi connectivity index (χ1) is 13.8. The summed E-state index contributed by atoms with van der Waals surface area (Å²) in [5, 5.41) is 9.68. The number of rotatable bonds is 5. The number of ether oxygens (including phenoxy) is 1. The van der Waals surface area contributed by atoms with Gasteiger partial charge in [-0.15, -0.1) is 0 Å². The molecule has 1 aromatic heterocycles. The van der Waals surface area contributed by atoms with Gasteiger partial charge in [0.05, 0.1) is 12.6 Å². The van der Waals surface area contributed by atoms with Crippen LogP contribution in [0.1, 0.15) is 24.2 Å². The highest BCUT2D eigenvalue weighted by atomic mass is 19.1. The topological polar surface area (TPSA) is 65.9 Å². The van der Waals surface area contributed by atoms with Crippen LogP contribution in [0.15, 0.2) is 36.5 Å². The van der Waals surface area contributed by atoms with E-state index in [2.05, 4.69) is 4.98 Å². The standard InChI is InChI=1S/C22H28FN3O3/c1-14-11-26(15(2)13-27)22(28)18-9-16(17-7-5-6-8-19(17)23)10-24-21(18)29-20(14)12-25(3)4/h5-10,14-15,20,27H,11-13H2,1-4H3/t14-,15-,20+/m1/s1. The molecule has 1 aromatic carbocycles. The second kappa shape index (κ2) is 8.88. The molecule has 3 rings (SSSR count). The van der Waals surface area contributed by atoms with Gasteiger partial charge in [0.25, 0.3) is 5.91 Å². The highest BCUT2D eigenvalue weighted by Gasteiger charge is 2.34. The molecule has 1 aliphatic heterocycles. The summed E-state index contributed by atoms with van der Waals surface area (Å²) in [6, 6.07) is 7.65. The van der Waals surface area contributed by atoms with Crippen molar-refractivity contribution in [2.75, 3.05) is 33.8 Å². The van der Waals surface area contributed by atoms with E-state index in [9.17, 15) is 14.3 Å². The fourth-order valence-corrected chi connectivity index (χ4v) is 3.52. The van der Waals surface area contributed by atoms with E-state index in [-0.39, 0.29) is 47.8 Å². The van der Waals surface area contributed by atoms with Gasteiger partial charge in [-0.25, -0.2) is 9.37 Å². The van der Waals surface area contributed by atoms with Crippen molar-refractivity contribution in [2.45, 2.75) is 26.0 Å². The number of likely N-dealkylation sites (N-methyl/N-ethyl adjacent to an activating group) is 1. The molecule has 0 aliphatic carbocycles. The molecule has 0 bridgehead atoms. The van der Waals surface area contributed by atoms with E-state index in [1.807, 2.05) is 32.8 Å². The van der Waals surface area contributed by atoms with E-state index in [0.717, 1.165) is 0 Å². The zero-order valence-corrected chi connectivity index (χ0v) is 17.3. The Kier molecular flexibility index (Phi) is 6.49. The van der Waals surface area contributed by atoms with Crippen molar-refractivity contribution >= 4 is 5.91 Å². The third kappa shape index (κ3) is 4.57. The lowest BCUT2D eigenvalue weighted by molar-refractivity contribution is 0.0348. The molecule has 0 saturated heterocycles. The van der Waals surface area contributed by atoms with Crippen LogP contribution in [0.5, 0.6) is 5.88 Å². The Labute approximate surface area is 170 Å². The maximum absolute atomic E-state index is 14.3. The monoisotopic (exact) mass is 401 g/mol. The summed E-state index contributed by atoms with van der Waals surface area (Å²) in [5.74, 6) is -0.379. The van der Waals surface area contributed by atoms with Crippen LogP contribution in [-0.4, -0.2) is 71.7 Å². The molecule has 0 radical (unpaired) electrons. The molecule has 2 aromatic rings. The van der Waals surface area contributed by atoms with Crippen LogP contribution in [0.4, 0.5) is 4.39 Å². The van der Waals surface area contributed by atoms with Crippen molar-refractivity contribution in [3.05, 3.63) is 47.9 Å². The summed E-state index contributed by atoms with van der Waals surface area (Å²) in [6.45, 7) is 4.79. The number of pyridine rings is 1. The maximum atomic E-state index is 14.3. The second-order valence-corrected chi connectivity index (χ2v) is 7.94. The first-order valence-electron chi connectivity index (χ1n) is 9.80. The van der Waals surface area contributed by atoms with Crippen molar-refractivity contribution in [3.63, 3.8) is 0 Å². The molecule has 1 N–H and O–H groups in total. The van der Waals surface area contributed by atoms with Gasteiger partial charge in [0, 0.05) is 36.3 Å². The number of amides is 1. The van der Waals surface area contributed by atoms with Crippen molar-refractivity contribution in [2.24, 2.45) is 5.92 Å². The fourth-order valence-electron chi connectivity index (χ4n) is 3.52. The van der Waals surface area contributed by atoms with Crippen molar-refractivity contribution in [1.82, 2.24) is 14.8 Å². The predicted octanol–water partition coefficient (Wildman–Crippen LogP) is 2.67. The highest BCUT2D eigenvalue weighted by Crippen LogP contribution is 2.31. The Balaban J connectivity index is 2.09.